The van der Waals surface area contributed by atoms with Crippen LogP contribution in [0.5, 0.6) is 0 Å². The Hall–Kier alpha value is -1.45. The molecule has 5 rings (SSSR count). The van der Waals surface area contributed by atoms with Gasteiger partial charge in [0.05, 0.1) is 5.75 Å². The van der Waals surface area contributed by atoms with Crippen LogP contribution >= 0.6 is 0 Å². The number of carbonyl (C=O) groups is 1. The van der Waals surface area contributed by atoms with Crippen molar-refractivity contribution in [2.24, 2.45) is 5.92 Å². The Morgan fingerprint density at radius 3 is 2.62 bits per heavy atom. The van der Waals surface area contributed by atoms with Crippen molar-refractivity contribution in [2.75, 3.05) is 18.8 Å². The van der Waals surface area contributed by atoms with Crippen LogP contribution in [0.2, 0.25) is 0 Å². The van der Waals surface area contributed by atoms with Crippen LogP contribution in [0.15, 0.2) is 10.6 Å². The van der Waals surface area contributed by atoms with E-state index in [1.54, 1.807) is 10.4 Å². The fourth-order valence-electron chi connectivity index (χ4n) is 5.37. The second kappa shape index (κ2) is 7.67. The molecule has 160 valence electrons. The summed E-state index contributed by atoms with van der Waals surface area (Å²) in [5.74, 6) is 1.46. The number of rotatable bonds is 6. The topological polar surface area (TPSA) is 105 Å². The summed E-state index contributed by atoms with van der Waals surface area (Å²) >= 11 is 0. The summed E-state index contributed by atoms with van der Waals surface area (Å²) in [5.41, 5.74) is 0.332. The van der Waals surface area contributed by atoms with Gasteiger partial charge in [0.25, 0.3) is 5.91 Å². The molecule has 4 fully saturated rings. The molecular formula is C20H30N4O4S. The molecule has 3 aliphatic heterocycles. The average molecular weight is 423 g/mol. The standard InChI is InChI=1S/C20H30N4O4S/c25-20(18-10-19(28-23-18)14-3-4-14)22-15-8-16-5-6-17(9-15)24(16)29(26,27)12-13-2-1-7-21-11-13/h10,13-17,21H,1-9,11-12H2,(H,22,25)/t13?,15-,16+,17-. The van der Waals surface area contributed by atoms with Crippen LogP contribution < -0.4 is 10.6 Å². The Morgan fingerprint density at radius 1 is 1.21 bits per heavy atom. The number of carbonyl (C=O) groups excluding carboxylic acids is 1. The summed E-state index contributed by atoms with van der Waals surface area (Å²) < 4.78 is 33.3. The van der Waals surface area contributed by atoms with Crippen molar-refractivity contribution in [3.05, 3.63) is 17.5 Å². The van der Waals surface area contributed by atoms with E-state index in [1.807, 2.05) is 0 Å². The number of nitrogens with zero attached hydrogens (tertiary/aromatic N) is 2. The number of nitrogens with one attached hydrogen (secondary N) is 2. The first-order valence-corrected chi connectivity index (χ1v) is 12.6. The highest BCUT2D eigenvalue weighted by Crippen LogP contribution is 2.41. The van der Waals surface area contributed by atoms with Crippen molar-refractivity contribution in [3.8, 4) is 0 Å². The van der Waals surface area contributed by atoms with Crippen LogP contribution in [-0.4, -0.2) is 60.8 Å². The van der Waals surface area contributed by atoms with Gasteiger partial charge in [0, 0.05) is 30.1 Å². The Labute approximate surface area is 171 Å². The lowest BCUT2D eigenvalue weighted by molar-refractivity contribution is 0.0900. The van der Waals surface area contributed by atoms with Crippen molar-refractivity contribution in [3.63, 3.8) is 0 Å². The largest absolute Gasteiger partial charge is 0.360 e. The van der Waals surface area contributed by atoms with Gasteiger partial charge in [-0.2, -0.15) is 4.31 Å². The normalized spacial score (nSPS) is 33.0. The van der Waals surface area contributed by atoms with Gasteiger partial charge in [-0.3, -0.25) is 4.79 Å². The molecule has 1 aromatic rings. The molecule has 1 unspecified atom stereocenters. The molecule has 0 spiro atoms. The maximum atomic E-state index is 13.1. The molecule has 9 heteroatoms. The molecule has 8 nitrogen and oxygen atoms in total. The van der Waals surface area contributed by atoms with Crippen molar-refractivity contribution in [1.29, 1.82) is 0 Å². The van der Waals surface area contributed by atoms with Gasteiger partial charge in [-0.15, -0.1) is 0 Å². The number of piperidine rings is 2. The fourth-order valence-corrected chi connectivity index (χ4v) is 7.72. The maximum Gasteiger partial charge on any atom is 0.273 e. The van der Waals surface area contributed by atoms with E-state index in [0.717, 1.165) is 57.4 Å². The number of amides is 1. The summed E-state index contributed by atoms with van der Waals surface area (Å²) in [5, 5.41) is 10.3. The third-order valence-corrected chi connectivity index (χ3v) is 9.04. The molecule has 2 N–H and O–H groups in total. The van der Waals surface area contributed by atoms with Crippen LogP contribution in [0.1, 0.15) is 73.5 Å². The Kier molecular flexibility index (Phi) is 5.16. The van der Waals surface area contributed by atoms with Crippen LogP contribution in [0.3, 0.4) is 0 Å². The third-order valence-electron chi connectivity index (χ3n) is 6.91. The number of hydrogen-bond acceptors (Lipinski definition) is 6. The lowest BCUT2D eigenvalue weighted by Gasteiger charge is -2.39. The quantitative estimate of drug-likeness (QED) is 0.722. The lowest BCUT2D eigenvalue weighted by atomic mass is 9.99. The zero-order valence-corrected chi connectivity index (χ0v) is 17.5. The second-order valence-electron chi connectivity index (χ2n) is 9.24. The number of aromatic nitrogens is 1. The molecule has 2 bridgehead atoms. The van der Waals surface area contributed by atoms with Gasteiger partial charge in [0.1, 0.15) is 5.76 Å². The van der Waals surface area contributed by atoms with E-state index in [2.05, 4.69) is 15.8 Å². The van der Waals surface area contributed by atoms with Gasteiger partial charge in [0.15, 0.2) is 5.69 Å². The van der Waals surface area contributed by atoms with Crippen molar-refractivity contribution < 1.29 is 17.7 Å². The first-order valence-electron chi connectivity index (χ1n) is 11.0. The molecule has 1 amide bonds. The van der Waals surface area contributed by atoms with Crippen LogP contribution in [0, 0.1) is 5.92 Å². The minimum Gasteiger partial charge on any atom is -0.360 e. The van der Waals surface area contributed by atoms with Gasteiger partial charge in [-0.25, -0.2) is 8.42 Å². The molecule has 1 saturated carbocycles. The lowest BCUT2D eigenvalue weighted by Crippen LogP contribution is -2.53. The molecule has 0 aromatic carbocycles. The van der Waals surface area contributed by atoms with Gasteiger partial charge in [-0.05, 0) is 70.4 Å². The van der Waals surface area contributed by atoms with E-state index in [9.17, 15) is 13.2 Å². The summed E-state index contributed by atoms with van der Waals surface area (Å²) in [4.78, 5) is 12.6. The highest BCUT2D eigenvalue weighted by Gasteiger charge is 2.47. The molecule has 1 aromatic heterocycles. The van der Waals surface area contributed by atoms with Crippen molar-refractivity contribution in [2.45, 2.75) is 75.4 Å². The van der Waals surface area contributed by atoms with E-state index in [1.165, 1.54) is 0 Å². The zero-order valence-electron chi connectivity index (χ0n) is 16.7. The van der Waals surface area contributed by atoms with E-state index >= 15 is 0 Å². The number of hydrogen-bond donors (Lipinski definition) is 2. The van der Waals surface area contributed by atoms with Gasteiger partial charge >= 0.3 is 0 Å². The molecule has 4 heterocycles. The highest BCUT2D eigenvalue weighted by molar-refractivity contribution is 7.89. The monoisotopic (exact) mass is 422 g/mol. The molecule has 4 aliphatic rings. The Bertz CT molecular complexity index is 846. The van der Waals surface area contributed by atoms with E-state index in [0.29, 0.717) is 24.5 Å². The van der Waals surface area contributed by atoms with Crippen molar-refractivity contribution >= 4 is 15.9 Å². The predicted molar refractivity (Wildman–Crippen MR) is 107 cm³/mol. The first-order chi connectivity index (χ1) is 14.0. The summed E-state index contributed by atoms with van der Waals surface area (Å²) in [6.07, 6.45) is 7.35. The molecule has 3 saturated heterocycles. The summed E-state index contributed by atoms with van der Waals surface area (Å²) in [6, 6.07) is 1.74. The zero-order chi connectivity index (χ0) is 20.0. The van der Waals surface area contributed by atoms with Crippen LogP contribution in [0.25, 0.3) is 0 Å². The third kappa shape index (κ3) is 4.09. The number of sulfonamides is 1. The van der Waals surface area contributed by atoms with Gasteiger partial charge < -0.3 is 15.2 Å². The summed E-state index contributed by atoms with van der Waals surface area (Å²) in [7, 11) is -3.27. The minimum absolute atomic E-state index is 0.0000614. The first kappa shape index (κ1) is 19.5. The molecule has 1 aliphatic carbocycles. The molecular weight excluding hydrogens is 392 g/mol. The van der Waals surface area contributed by atoms with E-state index in [-0.39, 0.29) is 35.7 Å². The molecule has 29 heavy (non-hydrogen) atoms. The minimum atomic E-state index is -3.27. The average Bonchev–Trinajstić information content (AvgIpc) is 3.34. The SMILES string of the molecule is O=C(N[C@H]1C[C@H]2CC[C@@H](C1)N2S(=O)(=O)CC1CCCNC1)c1cc(C2CC2)on1. The highest BCUT2D eigenvalue weighted by atomic mass is 32.2. The van der Waals surface area contributed by atoms with E-state index < -0.39 is 10.0 Å². The predicted octanol–water partition coefficient (Wildman–Crippen LogP) is 1.61. The molecule has 4 atom stereocenters. The smallest absolute Gasteiger partial charge is 0.273 e. The maximum absolute atomic E-state index is 13.1. The van der Waals surface area contributed by atoms with Gasteiger partial charge in [-0.1, -0.05) is 5.16 Å². The Balaban J connectivity index is 1.20. The second-order valence-corrected chi connectivity index (χ2v) is 11.2. The van der Waals surface area contributed by atoms with Crippen LogP contribution in [0.4, 0.5) is 0 Å². The summed E-state index contributed by atoms with van der Waals surface area (Å²) in [6.45, 7) is 1.78. The van der Waals surface area contributed by atoms with Gasteiger partial charge in [0.2, 0.25) is 10.0 Å². The van der Waals surface area contributed by atoms with Crippen LogP contribution in [-0.2, 0) is 10.0 Å². The van der Waals surface area contributed by atoms with E-state index in [4.69, 9.17) is 4.52 Å². The molecule has 0 radical (unpaired) electrons. The number of fused-ring (bicyclic) bond motifs is 2. The Morgan fingerprint density at radius 2 is 1.97 bits per heavy atom. The fraction of sp³-hybridized carbons (Fsp3) is 0.800. The van der Waals surface area contributed by atoms with Crippen molar-refractivity contribution in [1.82, 2.24) is 20.1 Å².